The first-order valence-corrected chi connectivity index (χ1v) is 17.2. The molecule has 0 unspecified atom stereocenters. The van der Waals surface area contributed by atoms with Gasteiger partial charge in [0.05, 0.1) is 17.8 Å². The van der Waals surface area contributed by atoms with E-state index in [1.54, 1.807) is 12.1 Å². The molecule has 1 nitrogen and oxygen atoms in total. The molecule has 11 rings (SSSR count). The first kappa shape index (κ1) is 19.6. The summed E-state index contributed by atoms with van der Waals surface area (Å²) in [5.74, 6) is 0. The van der Waals surface area contributed by atoms with Crippen molar-refractivity contribution in [2.45, 2.75) is 0 Å². The van der Waals surface area contributed by atoms with Crippen molar-refractivity contribution in [3.05, 3.63) is 194 Å². The summed E-state index contributed by atoms with van der Waals surface area (Å²) in [6.45, 7) is 0. The van der Waals surface area contributed by atoms with Crippen LogP contribution in [0.25, 0.3) is 110 Å². The molecule has 0 aliphatic heterocycles. The van der Waals surface area contributed by atoms with Crippen molar-refractivity contribution in [1.29, 1.82) is 0 Å². The van der Waals surface area contributed by atoms with E-state index in [1.165, 1.54) is 0 Å². The van der Waals surface area contributed by atoms with Gasteiger partial charge in [-0.25, -0.2) is 0 Å². The molecule has 1 aromatic heterocycles. The molecule has 0 N–H and O–H groups in total. The van der Waals surface area contributed by atoms with Crippen LogP contribution in [0.5, 0.6) is 0 Å². The second kappa shape index (κ2) is 11.8. The zero-order valence-corrected chi connectivity index (χ0v) is 27.9. The Hall–Kier alpha value is -6.96. The lowest BCUT2D eigenvalue weighted by Gasteiger charge is -2.18. The van der Waals surface area contributed by atoms with Crippen LogP contribution in [0.2, 0.25) is 0 Å². The van der Waals surface area contributed by atoms with Gasteiger partial charge in [-0.1, -0.05) is 176 Å². The molecule has 0 saturated carbocycles. The Bertz CT molecular complexity index is 3870. The molecule has 10 aromatic carbocycles. The van der Waals surface area contributed by atoms with E-state index < -0.39 is 84.1 Å². The quantitative estimate of drug-likeness (QED) is 0.168. The summed E-state index contributed by atoms with van der Waals surface area (Å²) < 4.78 is 122. The normalized spacial score (nSPS) is 15.2. The predicted octanol–water partition coefficient (Wildman–Crippen LogP) is 14.9. The van der Waals surface area contributed by atoms with Crippen molar-refractivity contribution < 1.29 is 22.2 Å². The third-order valence-electron chi connectivity index (χ3n) is 10.2. The summed E-state index contributed by atoms with van der Waals surface area (Å²) in [6.07, 6.45) is 0. The van der Waals surface area contributed by atoms with Crippen LogP contribution in [0.15, 0.2) is 198 Å². The van der Waals surface area contributed by atoms with E-state index in [2.05, 4.69) is 36.4 Å². The van der Waals surface area contributed by atoms with Gasteiger partial charge in [-0.15, -0.1) is 0 Å². The van der Waals surface area contributed by atoms with Crippen LogP contribution in [-0.4, -0.2) is 0 Å². The van der Waals surface area contributed by atoms with Crippen LogP contribution in [0.3, 0.4) is 0 Å². The van der Waals surface area contributed by atoms with E-state index in [0.717, 1.165) is 65.7 Å². The Morgan fingerprint density at radius 3 is 1.66 bits per heavy atom. The van der Waals surface area contributed by atoms with Crippen molar-refractivity contribution in [2.24, 2.45) is 0 Å². The highest BCUT2D eigenvalue weighted by Crippen LogP contribution is 2.45. The second-order valence-electron chi connectivity index (χ2n) is 13.0. The first-order chi connectivity index (χ1) is 31.7. The molecule has 0 radical (unpaired) electrons. The number of para-hydroxylation sites is 1. The fourth-order valence-corrected chi connectivity index (χ4v) is 7.87. The number of fused-ring (bicyclic) bond motifs is 7. The Morgan fingerprint density at radius 1 is 0.358 bits per heavy atom. The minimum Gasteiger partial charge on any atom is -0.455 e. The van der Waals surface area contributed by atoms with E-state index >= 15 is 0 Å². The molecule has 0 atom stereocenters. The van der Waals surface area contributed by atoms with Crippen molar-refractivity contribution in [2.75, 3.05) is 0 Å². The molecule has 0 spiro atoms. The second-order valence-corrected chi connectivity index (χ2v) is 13.0. The van der Waals surface area contributed by atoms with Gasteiger partial charge >= 0.3 is 0 Å². The molecule has 0 bridgehead atoms. The van der Waals surface area contributed by atoms with Gasteiger partial charge in [0.1, 0.15) is 11.2 Å². The SMILES string of the molecule is [2H]c1c([2H])c([2H])c(-c2c3c([2H])c([2H])c([2H])c([2H])c3c(-c3ccc4cc(-c5cccc6oc7c(-c8cccc9ccccc89)cccc7c56)ccc4c3)c3c([2H])c([2H])c([2H])c([2H])c23)c([2H])c1[2H]. The molecule has 1 heteroatoms. The van der Waals surface area contributed by atoms with Crippen LogP contribution >= 0.6 is 0 Å². The highest BCUT2D eigenvalue weighted by atomic mass is 16.3. The third-order valence-corrected chi connectivity index (χ3v) is 10.2. The molecule has 0 saturated heterocycles. The highest BCUT2D eigenvalue weighted by Gasteiger charge is 2.19. The molecular weight excluding hydrogens is 641 g/mol. The Labute approximate surface area is 325 Å². The minimum absolute atomic E-state index is 0.0812. The molecule has 0 aliphatic rings. The van der Waals surface area contributed by atoms with Gasteiger partial charge in [0.15, 0.2) is 0 Å². The van der Waals surface area contributed by atoms with Crippen molar-refractivity contribution in [3.63, 3.8) is 0 Å². The van der Waals surface area contributed by atoms with Gasteiger partial charge in [0.25, 0.3) is 0 Å². The Kier molecular flexibility index (Phi) is 4.36. The lowest BCUT2D eigenvalue weighted by molar-refractivity contribution is 0.670. The van der Waals surface area contributed by atoms with E-state index in [1.807, 2.05) is 66.7 Å². The number of rotatable bonds is 4. The van der Waals surface area contributed by atoms with Crippen LogP contribution in [0, 0.1) is 0 Å². The summed E-state index contributed by atoms with van der Waals surface area (Å²) in [6, 6.07) is 29.7. The van der Waals surface area contributed by atoms with E-state index in [4.69, 9.17) is 16.8 Å². The highest BCUT2D eigenvalue weighted by molar-refractivity contribution is 6.22. The molecule has 0 amide bonds. The van der Waals surface area contributed by atoms with Crippen LogP contribution in [-0.2, 0) is 0 Å². The topological polar surface area (TPSA) is 13.1 Å². The Balaban J connectivity index is 1.16. The molecule has 53 heavy (non-hydrogen) atoms. The lowest BCUT2D eigenvalue weighted by Crippen LogP contribution is -1.90. The van der Waals surface area contributed by atoms with Crippen molar-refractivity contribution in [3.8, 4) is 44.5 Å². The Morgan fingerprint density at radius 2 is 0.906 bits per heavy atom. The molecule has 0 aliphatic carbocycles. The average molecular weight is 686 g/mol. The first-order valence-electron chi connectivity index (χ1n) is 23.7. The number of hydrogen-bond acceptors (Lipinski definition) is 1. The summed E-state index contributed by atoms with van der Waals surface area (Å²) in [4.78, 5) is 0. The maximum absolute atomic E-state index is 9.30. The monoisotopic (exact) mass is 685 g/mol. The third kappa shape index (κ3) is 4.64. The van der Waals surface area contributed by atoms with Gasteiger partial charge in [0.2, 0.25) is 0 Å². The zero-order valence-electron chi connectivity index (χ0n) is 40.9. The summed E-state index contributed by atoms with van der Waals surface area (Å²) in [7, 11) is 0. The van der Waals surface area contributed by atoms with Gasteiger partial charge in [-0.3, -0.25) is 0 Å². The molecule has 1 heterocycles. The van der Waals surface area contributed by atoms with Crippen LogP contribution in [0.1, 0.15) is 17.8 Å². The zero-order chi connectivity index (χ0) is 46.2. The van der Waals surface area contributed by atoms with E-state index in [0.29, 0.717) is 5.56 Å². The van der Waals surface area contributed by atoms with Crippen molar-refractivity contribution in [1.82, 2.24) is 0 Å². The number of furan rings is 1. The van der Waals surface area contributed by atoms with E-state index in [9.17, 15) is 5.48 Å². The van der Waals surface area contributed by atoms with Crippen LogP contribution in [0.4, 0.5) is 0 Å². The molecule has 0 fully saturated rings. The standard InChI is InChI=1S/C52H32O/c1-2-14-34(15-3-1)49-42-18-6-8-20-44(42)50(45-21-9-7-19-43(45)49)38-30-28-35-31-37(29-27-36(35)32-38)40-22-12-26-48-51(40)47-25-11-24-46(52(47)53-48)41-23-10-16-33-13-4-5-17-39(33)41/h1-32H/i1D,2D,3D,6D,7D,8D,9D,14D,15D,18D,19D,20D,21D. The maximum Gasteiger partial charge on any atom is 0.143 e. The molecule has 11 aromatic rings. The maximum atomic E-state index is 9.30. The van der Waals surface area contributed by atoms with Gasteiger partial charge in [0, 0.05) is 16.3 Å². The average Bonchev–Trinajstić information content (AvgIpc) is 3.73. The molecular formula is C52H32O. The summed E-state index contributed by atoms with van der Waals surface area (Å²) in [5.41, 5.74) is 5.09. The predicted molar refractivity (Wildman–Crippen MR) is 225 cm³/mol. The summed E-state index contributed by atoms with van der Waals surface area (Å²) >= 11 is 0. The van der Waals surface area contributed by atoms with Crippen molar-refractivity contribution >= 4 is 65.0 Å². The van der Waals surface area contributed by atoms with Gasteiger partial charge < -0.3 is 4.42 Å². The fourth-order valence-electron chi connectivity index (χ4n) is 7.87. The minimum atomic E-state index is -0.713. The van der Waals surface area contributed by atoms with Gasteiger partial charge in [-0.2, -0.15) is 0 Å². The van der Waals surface area contributed by atoms with Gasteiger partial charge in [-0.05, 0) is 100 Å². The fraction of sp³-hybridized carbons (Fsp3) is 0. The largest absolute Gasteiger partial charge is 0.455 e. The van der Waals surface area contributed by atoms with Crippen LogP contribution < -0.4 is 0 Å². The summed E-state index contributed by atoms with van der Waals surface area (Å²) in [5, 5.41) is 4.94. The lowest BCUT2D eigenvalue weighted by atomic mass is 9.85. The number of benzene rings is 10. The smallest absolute Gasteiger partial charge is 0.143 e. The molecule has 246 valence electrons. The van der Waals surface area contributed by atoms with E-state index in [-0.39, 0.29) is 32.7 Å². The number of hydrogen-bond donors (Lipinski definition) is 0.